The van der Waals surface area contributed by atoms with Crippen molar-refractivity contribution in [2.75, 3.05) is 11.1 Å². The summed E-state index contributed by atoms with van der Waals surface area (Å²) in [7, 11) is 0. The molecule has 1 aromatic carbocycles. The molecule has 1 aromatic heterocycles. The van der Waals surface area contributed by atoms with E-state index in [4.69, 9.17) is 23.2 Å². The first-order valence-electron chi connectivity index (χ1n) is 7.02. The van der Waals surface area contributed by atoms with Gasteiger partial charge in [0.25, 0.3) is 5.56 Å². The SMILES string of the molecule is O=C(CSc1nc2c(c(=O)[nH]1)CCC2)Nc1ccc(Cl)c(Cl)c1. The van der Waals surface area contributed by atoms with Crippen LogP contribution in [-0.4, -0.2) is 21.6 Å². The molecule has 0 radical (unpaired) electrons. The highest BCUT2D eigenvalue weighted by atomic mass is 35.5. The minimum atomic E-state index is -0.212. The van der Waals surface area contributed by atoms with Crippen molar-refractivity contribution in [2.24, 2.45) is 0 Å². The smallest absolute Gasteiger partial charge is 0.254 e. The summed E-state index contributed by atoms with van der Waals surface area (Å²) >= 11 is 12.9. The van der Waals surface area contributed by atoms with E-state index in [1.54, 1.807) is 18.2 Å². The van der Waals surface area contributed by atoms with Crippen molar-refractivity contribution in [3.63, 3.8) is 0 Å². The number of thioether (sulfide) groups is 1. The Bertz CT molecular complexity index is 823. The van der Waals surface area contributed by atoms with Gasteiger partial charge in [-0.25, -0.2) is 4.98 Å². The van der Waals surface area contributed by atoms with Crippen molar-refractivity contribution in [1.82, 2.24) is 9.97 Å². The number of rotatable bonds is 4. The van der Waals surface area contributed by atoms with Crippen LogP contribution >= 0.6 is 35.0 Å². The van der Waals surface area contributed by atoms with Gasteiger partial charge in [0.05, 0.1) is 21.5 Å². The molecule has 1 aliphatic carbocycles. The van der Waals surface area contributed by atoms with Gasteiger partial charge in [-0.1, -0.05) is 35.0 Å². The second-order valence-corrected chi connectivity index (χ2v) is 6.89. The number of hydrogen-bond acceptors (Lipinski definition) is 4. The molecule has 0 unspecified atom stereocenters. The Balaban J connectivity index is 1.62. The first kappa shape index (κ1) is 16.4. The lowest BCUT2D eigenvalue weighted by atomic mass is 10.3. The molecule has 0 saturated carbocycles. The number of H-pyrrole nitrogens is 1. The van der Waals surface area contributed by atoms with Gasteiger partial charge in [-0.3, -0.25) is 9.59 Å². The van der Waals surface area contributed by atoms with Crippen LogP contribution in [0, 0.1) is 0 Å². The summed E-state index contributed by atoms with van der Waals surface area (Å²) in [6.45, 7) is 0. The van der Waals surface area contributed by atoms with Crippen LogP contribution < -0.4 is 10.9 Å². The number of carbonyl (C=O) groups is 1. The Kier molecular flexibility index (Phi) is 4.94. The van der Waals surface area contributed by atoms with Gasteiger partial charge in [0.1, 0.15) is 0 Å². The number of nitrogens with one attached hydrogen (secondary N) is 2. The van der Waals surface area contributed by atoms with Gasteiger partial charge in [-0.15, -0.1) is 0 Å². The molecule has 120 valence electrons. The lowest BCUT2D eigenvalue weighted by Crippen LogP contribution is -2.17. The Morgan fingerprint density at radius 2 is 2.13 bits per heavy atom. The van der Waals surface area contributed by atoms with Gasteiger partial charge in [0.15, 0.2) is 5.16 Å². The molecule has 1 amide bonds. The van der Waals surface area contributed by atoms with Gasteiger partial charge in [0.2, 0.25) is 5.91 Å². The third kappa shape index (κ3) is 3.88. The lowest BCUT2D eigenvalue weighted by Gasteiger charge is -2.06. The number of fused-ring (bicyclic) bond motifs is 1. The summed E-state index contributed by atoms with van der Waals surface area (Å²) < 4.78 is 0. The summed E-state index contributed by atoms with van der Waals surface area (Å²) in [6, 6.07) is 4.88. The van der Waals surface area contributed by atoms with Gasteiger partial charge in [-0.05, 0) is 37.5 Å². The zero-order valence-electron chi connectivity index (χ0n) is 12.0. The van der Waals surface area contributed by atoms with E-state index < -0.39 is 0 Å². The molecule has 0 aliphatic heterocycles. The summed E-state index contributed by atoms with van der Waals surface area (Å²) in [6.07, 6.45) is 2.56. The maximum absolute atomic E-state index is 12.0. The predicted octanol–water partition coefficient (Wildman–Crippen LogP) is 3.30. The Morgan fingerprint density at radius 1 is 1.30 bits per heavy atom. The van der Waals surface area contributed by atoms with Crippen molar-refractivity contribution in [3.05, 3.63) is 49.9 Å². The number of anilines is 1. The summed E-state index contributed by atoms with van der Waals surface area (Å²) in [5, 5.41) is 4.00. The molecule has 0 saturated heterocycles. The Morgan fingerprint density at radius 3 is 2.91 bits per heavy atom. The first-order valence-corrected chi connectivity index (χ1v) is 8.77. The number of aryl methyl sites for hydroxylation is 1. The van der Waals surface area contributed by atoms with Crippen LogP contribution in [-0.2, 0) is 17.6 Å². The van der Waals surface area contributed by atoms with E-state index in [1.165, 1.54) is 11.8 Å². The lowest BCUT2D eigenvalue weighted by molar-refractivity contribution is -0.113. The molecule has 2 N–H and O–H groups in total. The number of benzene rings is 1. The maximum Gasteiger partial charge on any atom is 0.254 e. The van der Waals surface area contributed by atoms with E-state index in [1.807, 2.05) is 0 Å². The highest BCUT2D eigenvalue weighted by molar-refractivity contribution is 7.99. The normalized spacial score (nSPS) is 13.0. The minimum Gasteiger partial charge on any atom is -0.325 e. The fourth-order valence-corrected chi connectivity index (χ4v) is 3.37. The van der Waals surface area contributed by atoms with Crippen molar-refractivity contribution in [3.8, 4) is 0 Å². The fourth-order valence-electron chi connectivity index (χ4n) is 2.39. The van der Waals surface area contributed by atoms with E-state index in [2.05, 4.69) is 15.3 Å². The molecule has 0 fully saturated rings. The van der Waals surface area contributed by atoms with Crippen molar-refractivity contribution >= 4 is 46.6 Å². The van der Waals surface area contributed by atoms with Gasteiger partial charge in [0, 0.05) is 11.3 Å². The predicted molar refractivity (Wildman–Crippen MR) is 92.7 cm³/mol. The zero-order chi connectivity index (χ0) is 16.4. The zero-order valence-corrected chi connectivity index (χ0v) is 14.3. The molecule has 0 spiro atoms. The van der Waals surface area contributed by atoms with E-state index >= 15 is 0 Å². The van der Waals surface area contributed by atoms with Gasteiger partial charge >= 0.3 is 0 Å². The minimum absolute atomic E-state index is 0.0973. The molecule has 1 aliphatic rings. The largest absolute Gasteiger partial charge is 0.325 e. The summed E-state index contributed by atoms with van der Waals surface area (Å²) in [5.41, 5.74) is 2.09. The van der Waals surface area contributed by atoms with Crippen LogP contribution in [0.15, 0.2) is 28.2 Å². The van der Waals surface area contributed by atoms with E-state index in [0.717, 1.165) is 30.5 Å². The van der Waals surface area contributed by atoms with Crippen LogP contribution in [0.25, 0.3) is 0 Å². The van der Waals surface area contributed by atoms with Gasteiger partial charge < -0.3 is 10.3 Å². The van der Waals surface area contributed by atoms with Crippen LogP contribution in [0.5, 0.6) is 0 Å². The third-order valence-electron chi connectivity index (χ3n) is 3.46. The number of aromatic nitrogens is 2. The standard InChI is InChI=1S/C15H13Cl2N3O2S/c16-10-5-4-8(6-11(10)17)18-13(21)7-23-15-19-12-3-1-2-9(12)14(22)20-15/h4-6H,1-3,7H2,(H,18,21)(H,19,20,22). The molecule has 23 heavy (non-hydrogen) atoms. The van der Waals surface area contributed by atoms with Crippen LogP contribution in [0.3, 0.4) is 0 Å². The number of aromatic amines is 1. The summed E-state index contributed by atoms with van der Waals surface area (Å²) in [5.74, 6) is -0.0707. The van der Waals surface area contributed by atoms with Crippen molar-refractivity contribution in [2.45, 2.75) is 24.4 Å². The van der Waals surface area contributed by atoms with Gasteiger partial charge in [-0.2, -0.15) is 0 Å². The average Bonchev–Trinajstić information content (AvgIpc) is 2.98. The molecular formula is C15H13Cl2N3O2S. The Hall–Kier alpha value is -1.50. The summed E-state index contributed by atoms with van der Waals surface area (Å²) in [4.78, 5) is 31.0. The molecule has 5 nitrogen and oxygen atoms in total. The maximum atomic E-state index is 12.0. The van der Waals surface area contributed by atoms with Crippen molar-refractivity contribution < 1.29 is 4.79 Å². The second kappa shape index (κ2) is 6.95. The quantitative estimate of drug-likeness (QED) is 0.640. The molecule has 1 heterocycles. The van der Waals surface area contributed by atoms with Crippen LogP contribution in [0.2, 0.25) is 10.0 Å². The van der Waals surface area contributed by atoms with Crippen LogP contribution in [0.1, 0.15) is 17.7 Å². The topological polar surface area (TPSA) is 74.8 Å². The Labute approximate surface area is 146 Å². The van der Waals surface area contributed by atoms with Crippen LogP contribution in [0.4, 0.5) is 5.69 Å². The first-order chi connectivity index (χ1) is 11.0. The van der Waals surface area contributed by atoms with E-state index in [0.29, 0.717) is 20.9 Å². The number of hydrogen-bond donors (Lipinski definition) is 2. The average molecular weight is 370 g/mol. The number of halogens is 2. The van der Waals surface area contributed by atoms with E-state index in [9.17, 15) is 9.59 Å². The molecular weight excluding hydrogens is 357 g/mol. The number of amides is 1. The number of carbonyl (C=O) groups excluding carboxylic acids is 1. The third-order valence-corrected chi connectivity index (χ3v) is 5.08. The number of nitrogens with zero attached hydrogens (tertiary/aromatic N) is 1. The van der Waals surface area contributed by atoms with E-state index in [-0.39, 0.29) is 17.2 Å². The highest BCUT2D eigenvalue weighted by Gasteiger charge is 2.17. The molecule has 2 aromatic rings. The fraction of sp³-hybridized carbons (Fsp3) is 0.267. The van der Waals surface area contributed by atoms with Crippen molar-refractivity contribution in [1.29, 1.82) is 0 Å². The molecule has 3 rings (SSSR count). The monoisotopic (exact) mass is 369 g/mol. The molecule has 8 heteroatoms. The molecule has 0 atom stereocenters. The highest BCUT2D eigenvalue weighted by Crippen LogP contribution is 2.25. The molecule has 0 bridgehead atoms. The second-order valence-electron chi connectivity index (χ2n) is 5.12.